The maximum absolute atomic E-state index is 12.6. The van der Waals surface area contributed by atoms with E-state index in [0.29, 0.717) is 6.42 Å². The summed E-state index contributed by atoms with van der Waals surface area (Å²) in [4.78, 5) is 12.0. The van der Waals surface area contributed by atoms with Gasteiger partial charge >= 0.3 is 6.18 Å². The molecular formula is C14H19F3N2O. The number of carbonyl (C=O) groups excluding carboxylic acids is 1. The fourth-order valence-electron chi connectivity index (χ4n) is 1.90. The highest BCUT2D eigenvalue weighted by Crippen LogP contribution is 2.30. The summed E-state index contributed by atoms with van der Waals surface area (Å²) in [5.41, 5.74) is 4.88. The molecule has 1 atom stereocenters. The first-order chi connectivity index (χ1) is 9.24. The van der Waals surface area contributed by atoms with Crippen molar-refractivity contribution in [3.63, 3.8) is 0 Å². The van der Waals surface area contributed by atoms with Crippen LogP contribution in [0.5, 0.6) is 0 Å². The summed E-state index contributed by atoms with van der Waals surface area (Å²) in [6, 6.07) is 4.57. The van der Waals surface area contributed by atoms with Crippen molar-refractivity contribution in [2.75, 3.05) is 11.9 Å². The van der Waals surface area contributed by atoms with Gasteiger partial charge in [-0.25, -0.2) is 0 Å². The number of anilines is 1. The number of nitrogens with two attached hydrogens (primary N) is 1. The van der Waals surface area contributed by atoms with Crippen LogP contribution in [0.4, 0.5) is 18.9 Å². The van der Waals surface area contributed by atoms with E-state index in [2.05, 4.69) is 5.32 Å². The molecule has 3 N–H and O–H groups in total. The Hall–Kier alpha value is -1.56. The van der Waals surface area contributed by atoms with Crippen molar-refractivity contribution >= 4 is 11.6 Å². The minimum Gasteiger partial charge on any atom is -0.330 e. The Morgan fingerprint density at radius 1 is 1.35 bits per heavy atom. The number of alkyl halides is 3. The summed E-state index contributed by atoms with van der Waals surface area (Å²) in [5.74, 6) is -0.458. The van der Waals surface area contributed by atoms with Gasteiger partial charge in [0.1, 0.15) is 0 Å². The topological polar surface area (TPSA) is 55.1 Å². The van der Waals surface area contributed by atoms with Crippen LogP contribution in [0.3, 0.4) is 0 Å². The standard InChI is InChI=1S/C14H19F3N2O/c1-9(2)6-10(8-18)13(20)19-12-5-3-4-11(7-12)14(15,16)17/h3-5,7,9-10H,6,8,18H2,1-2H3,(H,19,20). The number of benzene rings is 1. The molecule has 1 amide bonds. The molecule has 1 aromatic rings. The predicted molar refractivity (Wildman–Crippen MR) is 72.1 cm³/mol. The van der Waals surface area contributed by atoms with Gasteiger partial charge in [0, 0.05) is 12.2 Å². The molecule has 0 spiro atoms. The van der Waals surface area contributed by atoms with Crippen molar-refractivity contribution in [3.8, 4) is 0 Å². The molecule has 0 radical (unpaired) electrons. The Kier molecular flexibility index (Phi) is 5.56. The molecule has 0 fully saturated rings. The molecule has 0 aliphatic heterocycles. The van der Waals surface area contributed by atoms with Crippen molar-refractivity contribution in [3.05, 3.63) is 29.8 Å². The second kappa shape index (κ2) is 6.74. The summed E-state index contributed by atoms with van der Waals surface area (Å²) >= 11 is 0. The maximum Gasteiger partial charge on any atom is 0.416 e. The van der Waals surface area contributed by atoms with Crippen molar-refractivity contribution in [1.29, 1.82) is 0 Å². The Morgan fingerprint density at radius 3 is 2.50 bits per heavy atom. The zero-order chi connectivity index (χ0) is 15.3. The van der Waals surface area contributed by atoms with Gasteiger partial charge in [-0.1, -0.05) is 19.9 Å². The van der Waals surface area contributed by atoms with Crippen molar-refractivity contribution in [2.24, 2.45) is 17.6 Å². The van der Waals surface area contributed by atoms with E-state index in [-0.39, 0.29) is 24.1 Å². The molecule has 20 heavy (non-hydrogen) atoms. The largest absolute Gasteiger partial charge is 0.416 e. The number of nitrogens with one attached hydrogen (secondary N) is 1. The second-order valence-corrected chi connectivity index (χ2v) is 5.13. The molecule has 0 aliphatic carbocycles. The van der Waals surface area contributed by atoms with Crippen LogP contribution in [-0.4, -0.2) is 12.5 Å². The van der Waals surface area contributed by atoms with E-state index in [1.807, 2.05) is 13.8 Å². The van der Waals surface area contributed by atoms with Gasteiger partial charge in [0.2, 0.25) is 5.91 Å². The van der Waals surface area contributed by atoms with Crippen LogP contribution in [-0.2, 0) is 11.0 Å². The molecule has 1 rings (SSSR count). The van der Waals surface area contributed by atoms with Crippen molar-refractivity contribution in [1.82, 2.24) is 0 Å². The molecule has 0 aliphatic rings. The molecule has 0 saturated carbocycles. The minimum absolute atomic E-state index is 0.132. The molecular weight excluding hydrogens is 269 g/mol. The van der Waals surface area contributed by atoms with Crippen molar-refractivity contribution in [2.45, 2.75) is 26.4 Å². The lowest BCUT2D eigenvalue weighted by molar-refractivity contribution is -0.137. The van der Waals surface area contributed by atoms with Gasteiger partial charge < -0.3 is 11.1 Å². The summed E-state index contributed by atoms with van der Waals surface area (Å²) in [5, 5.41) is 2.49. The fourth-order valence-corrected chi connectivity index (χ4v) is 1.90. The van der Waals surface area contributed by atoms with Gasteiger partial charge in [0.05, 0.1) is 11.5 Å². The molecule has 0 bridgehead atoms. The Balaban J connectivity index is 2.80. The average Bonchev–Trinajstić information content (AvgIpc) is 2.34. The van der Waals surface area contributed by atoms with E-state index >= 15 is 0 Å². The Labute approximate surface area is 116 Å². The Morgan fingerprint density at radius 2 is 2.00 bits per heavy atom. The third-order valence-electron chi connectivity index (χ3n) is 2.87. The molecule has 112 valence electrons. The normalized spacial score (nSPS) is 13.3. The average molecular weight is 288 g/mol. The number of hydrogen-bond donors (Lipinski definition) is 2. The van der Waals surface area contributed by atoms with Crippen LogP contribution in [0, 0.1) is 11.8 Å². The van der Waals surface area contributed by atoms with Crippen LogP contribution < -0.4 is 11.1 Å². The van der Waals surface area contributed by atoms with E-state index in [0.717, 1.165) is 12.1 Å². The van der Waals surface area contributed by atoms with Crippen LogP contribution in [0.15, 0.2) is 24.3 Å². The van der Waals surface area contributed by atoms with Gasteiger partial charge in [-0.15, -0.1) is 0 Å². The highest BCUT2D eigenvalue weighted by molar-refractivity contribution is 5.92. The molecule has 1 aromatic carbocycles. The lowest BCUT2D eigenvalue weighted by atomic mass is 9.96. The number of hydrogen-bond acceptors (Lipinski definition) is 2. The molecule has 0 saturated heterocycles. The molecule has 6 heteroatoms. The fraction of sp³-hybridized carbons (Fsp3) is 0.500. The van der Waals surface area contributed by atoms with Gasteiger partial charge in [0.25, 0.3) is 0 Å². The third-order valence-corrected chi connectivity index (χ3v) is 2.87. The maximum atomic E-state index is 12.6. The smallest absolute Gasteiger partial charge is 0.330 e. The molecule has 1 unspecified atom stereocenters. The summed E-state index contributed by atoms with van der Waals surface area (Å²) in [6.45, 7) is 4.09. The van der Waals surface area contributed by atoms with Gasteiger partial charge in [0.15, 0.2) is 0 Å². The highest BCUT2D eigenvalue weighted by Gasteiger charge is 2.30. The minimum atomic E-state index is -4.42. The zero-order valence-corrected chi connectivity index (χ0v) is 11.5. The first-order valence-corrected chi connectivity index (χ1v) is 6.42. The second-order valence-electron chi connectivity index (χ2n) is 5.13. The van der Waals surface area contributed by atoms with Crippen molar-refractivity contribution < 1.29 is 18.0 Å². The zero-order valence-electron chi connectivity index (χ0n) is 11.5. The van der Waals surface area contributed by atoms with Gasteiger partial charge in [-0.2, -0.15) is 13.2 Å². The number of amides is 1. The third kappa shape index (κ3) is 4.85. The predicted octanol–water partition coefficient (Wildman–Crippen LogP) is 3.26. The SMILES string of the molecule is CC(C)CC(CN)C(=O)Nc1cccc(C(F)(F)F)c1. The van der Waals surface area contributed by atoms with Crippen LogP contribution in [0.1, 0.15) is 25.8 Å². The number of rotatable bonds is 5. The first kappa shape index (κ1) is 16.5. The quantitative estimate of drug-likeness (QED) is 0.873. The van der Waals surface area contributed by atoms with E-state index in [1.165, 1.54) is 12.1 Å². The van der Waals surface area contributed by atoms with Gasteiger partial charge in [-0.3, -0.25) is 4.79 Å². The molecule has 0 aromatic heterocycles. The van der Waals surface area contributed by atoms with E-state index in [4.69, 9.17) is 5.73 Å². The lowest BCUT2D eigenvalue weighted by Gasteiger charge is -2.17. The summed E-state index contributed by atoms with van der Waals surface area (Å²) in [7, 11) is 0. The van der Waals surface area contributed by atoms with E-state index < -0.39 is 17.7 Å². The summed E-state index contributed by atoms with van der Waals surface area (Å²) < 4.78 is 37.7. The molecule has 3 nitrogen and oxygen atoms in total. The van der Waals surface area contributed by atoms with Gasteiger partial charge in [-0.05, 0) is 30.5 Å². The number of halogens is 3. The monoisotopic (exact) mass is 288 g/mol. The Bertz CT molecular complexity index is 458. The van der Waals surface area contributed by atoms with Crippen LogP contribution in [0.25, 0.3) is 0 Å². The first-order valence-electron chi connectivity index (χ1n) is 6.42. The number of carbonyl (C=O) groups is 1. The van der Waals surface area contributed by atoms with Crippen LogP contribution >= 0.6 is 0 Å². The van der Waals surface area contributed by atoms with Crippen LogP contribution in [0.2, 0.25) is 0 Å². The summed E-state index contributed by atoms with van der Waals surface area (Å²) in [6.07, 6.45) is -3.83. The molecule has 0 heterocycles. The lowest BCUT2D eigenvalue weighted by Crippen LogP contribution is -2.30. The van der Waals surface area contributed by atoms with E-state index in [9.17, 15) is 18.0 Å². The highest BCUT2D eigenvalue weighted by atomic mass is 19.4. The van der Waals surface area contributed by atoms with E-state index in [1.54, 1.807) is 0 Å².